The van der Waals surface area contributed by atoms with Crippen molar-refractivity contribution in [1.29, 1.82) is 0 Å². The van der Waals surface area contributed by atoms with Crippen LogP contribution in [0.2, 0.25) is 0 Å². The van der Waals surface area contributed by atoms with Gasteiger partial charge in [0.05, 0.1) is 24.7 Å². The number of imidazole rings is 1. The first-order valence-corrected chi connectivity index (χ1v) is 11.7. The van der Waals surface area contributed by atoms with Crippen molar-refractivity contribution < 1.29 is 14.9 Å². The van der Waals surface area contributed by atoms with Gasteiger partial charge in [-0.3, -0.25) is 9.56 Å². The summed E-state index contributed by atoms with van der Waals surface area (Å²) in [6, 6.07) is 7.62. The van der Waals surface area contributed by atoms with Gasteiger partial charge in [0, 0.05) is 16.0 Å². The number of benzene rings is 1. The first-order valence-electron chi connectivity index (χ1n) is 9.79. The Hall–Kier alpha value is -2.45. The van der Waals surface area contributed by atoms with E-state index in [1.54, 1.807) is 16.3 Å². The number of nitrogen functional groups attached to an aromatic ring is 1. The molecule has 4 rings (SSSR count). The van der Waals surface area contributed by atoms with E-state index in [9.17, 15) is 10.2 Å². The molecule has 0 aliphatic carbocycles. The van der Waals surface area contributed by atoms with Crippen molar-refractivity contribution in [3.63, 3.8) is 0 Å². The minimum Gasteiger partial charge on any atom is -0.387 e. The molecule has 0 saturated carbocycles. The molecule has 32 heavy (non-hydrogen) atoms. The smallest absolute Gasteiger partial charge is 0.193 e. The van der Waals surface area contributed by atoms with Crippen molar-refractivity contribution in [2.75, 3.05) is 29.1 Å². The lowest BCUT2D eigenvalue weighted by Gasteiger charge is -2.16. The average molecular weight is 523 g/mol. The lowest BCUT2D eigenvalue weighted by molar-refractivity contribution is -0.0289. The standard InChI is InChI=1S/C19H23BrN8O3S/c20-10-3-1-2-4-11(10)27-19(22)23-5-6-32-7-12-14(29)15(30)18(31-12)28-9-26-13-16(21)24-8-25-17(13)28/h1-4,8-9,12,14-15,18,29-30H,5-7H2,(H2,21,24,25)(H3,22,23,27)/t12-,14-,15-,18-/m1/s1. The third-order valence-electron chi connectivity index (χ3n) is 4.93. The number of nitrogens with zero attached hydrogens (tertiary/aromatic N) is 5. The second-order valence-electron chi connectivity index (χ2n) is 7.08. The third-order valence-corrected chi connectivity index (χ3v) is 6.66. The number of hydrogen-bond donors (Lipinski definition) is 5. The second kappa shape index (κ2) is 10.0. The predicted molar refractivity (Wildman–Crippen MR) is 127 cm³/mol. The van der Waals surface area contributed by atoms with Crippen LogP contribution in [0.4, 0.5) is 11.5 Å². The van der Waals surface area contributed by atoms with Crippen LogP contribution in [0.5, 0.6) is 0 Å². The number of halogens is 1. The maximum atomic E-state index is 10.5. The van der Waals surface area contributed by atoms with Crippen LogP contribution >= 0.6 is 27.7 Å². The monoisotopic (exact) mass is 522 g/mol. The van der Waals surface area contributed by atoms with Crippen LogP contribution in [0, 0.1) is 0 Å². The summed E-state index contributed by atoms with van der Waals surface area (Å²) in [5, 5.41) is 24.0. The van der Waals surface area contributed by atoms with E-state index >= 15 is 0 Å². The van der Waals surface area contributed by atoms with Crippen molar-refractivity contribution in [1.82, 2.24) is 19.5 Å². The number of aromatic nitrogens is 4. The summed E-state index contributed by atoms with van der Waals surface area (Å²) < 4.78 is 8.38. The lowest BCUT2D eigenvalue weighted by atomic mass is 10.1. The van der Waals surface area contributed by atoms with Crippen LogP contribution in [0.15, 0.2) is 46.4 Å². The summed E-state index contributed by atoms with van der Waals surface area (Å²) in [5.41, 5.74) is 13.4. The molecular formula is C19H23BrN8O3S. The SMILES string of the molecule is NC(=NCCSC[C@H]1O[C@@H](n2cnc3c(N)ncnc32)[C@H](O)[C@@H]1O)Nc1ccccc1Br. The number of para-hydroxylation sites is 1. The number of fused-ring (bicyclic) bond motifs is 1. The highest BCUT2D eigenvalue weighted by molar-refractivity contribution is 9.10. The number of ether oxygens (including phenoxy) is 1. The summed E-state index contributed by atoms with van der Waals surface area (Å²) in [6.45, 7) is 0.491. The van der Waals surface area contributed by atoms with Crippen LogP contribution in [0.1, 0.15) is 6.23 Å². The number of aliphatic hydroxyl groups is 2. The van der Waals surface area contributed by atoms with Gasteiger partial charge in [0.15, 0.2) is 23.7 Å². The van der Waals surface area contributed by atoms with Gasteiger partial charge in [0.2, 0.25) is 0 Å². The quantitative estimate of drug-likeness (QED) is 0.171. The molecule has 1 aliphatic rings. The molecule has 1 aliphatic heterocycles. The molecule has 3 heterocycles. The molecular weight excluding hydrogens is 500 g/mol. The van der Waals surface area contributed by atoms with E-state index in [2.05, 4.69) is 41.2 Å². The molecule has 0 amide bonds. The number of thioether (sulfide) groups is 1. The van der Waals surface area contributed by atoms with Crippen LogP contribution in [0.3, 0.4) is 0 Å². The van der Waals surface area contributed by atoms with Crippen molar-refractivity contribution in [2.24, 2.45) is 10.7 Å². The number of guanidine groups is 1. The van der Waals surface area contributed by atoms with Gasteiger partial charge in [-0.05, 0) is 28.1 Å². The van der Waals surface area contributed by atoms with E-state index in [0.717, 1.165) is 10.2 Å². The van der Waals surface area contributed by atoms with Gasteiger partial charge in [0.1, 0.15) is 24.1 Å². The molecule has 2 aromatic heterocycles. The molecule has 1 fully saturated rings. The number of anilines is 2. The normalized spacial score (nSPS) is 23.7. The van der Waals surface area contributed by atoms with Crippen molar-refractivity contribution >= 4 is 56.3 Å². The second-order valence-corrected chi connectivity index (χ2v) is 9.08. The highest BCUT2D eigenvalue weighted by atomic mass is 79.9. The van der Waals surface area contributed by atoms with Crippen LogP contribution in [0.25, 0.3) is 11.2 Å². The Balaban J connectivity index is 1.29. The molecule has 3 aromatic rings. The van der Waals surface area contributed by atoms with E-state index in [4.69, 9.17) is 16.2 Å². The highest BCUT2D eigenvalue weighted by Gasteiger charge is 2.44. The fourth-order valence-corrected chi connectivity index (χ4v) is 4.60. The van der Waals surface area contributed by atoms with Gasteiger partial charge >= 0.3 is 0 Å². The van der Waals surface area contributed by atoms with Gasteiger partial charge in [-0.2, -0.15) is 11.8 Å². The minimum absolute atomic E-state index is 0.239. The third kappa shape index (κ3) is 4.81. The molecule has 0 spiro atoms. The summed E-state index contributed by atoms with van der Waals surface area (Å²) in [5.74, 6) is 1.70. The largest absolute Gasteiger partial charge is 0.387 e. The Morgan fingerprint density at radius 1 is 1.25 bits per heavy atom. The van der Waals surface area contributed by atoms with Gasteiger partial charge < -0.3 is 31.7 Å². The number of nitrogens with one attached hydrogen (secondary N) is 1. The maximum absolute atomic E-state index is 10.5. The van der Waals surface area contributed by atoms with E-state index in [0.29, 0.717) is 35.2 Å². The average Bonchev–Trinajstić information content (AvgIpc) is 3.32. The number of aliphatic hydroxyl groups excluding tert-OH is 2. The molecule has 0 unspecified atom stereocenters. The number of nitrogens with two attached hydrogens (primary N) is 2. The number of rotatable bonds is 7. The molecule has 11 nitrogen and oxygen atoms in total. The summed E-state index contributed by atoms with van der Waals surface area (Å²) in [6.07, 6.45) is -0.764. The molecule has 0 bridgehead atoms. The molecule has 7 N–H and O–H groups in total. The van der Waals surface area contributed by atoms with Crippen LogP contribution in [-0.4, -0.2) is 72.1 Å². The van der Waals surface area contributed by atoms with E-state index < -0.39 is 24.5 Å². The predicted octanol–water partition coefficient (Wildman–Crippen LogP) is 0.950. The Morgan fingerprint density at radius 3 is 2.88 bits per heavy atom. The van der Waals surface area contributed by atoms with Gasteiger partial charge in [0.25, 0.3) is 0 Å². The zero-order valence-electron chi connectivity index (χ0n) is 16.9. The van der Waals surface area contributed by atoms with Crippen LogP contribution in [-0.2, 0) is 4.74 Å². The van der Waals surface area contributed by atoms with Gasteiger partial charge in [-0.1, -0.05) is 12.1 Å². The lowest BCUT2D eigenvalue weighted by Crippen LogP contribution is -2.32. The fraction of sp³-hybridized carbons (Fsp3) is 0.368. The summed E-state index contributed by atoms with van der Waals surface area (Å²) >= 11 is 4.99. The first-order chi connectivity index (χ1) is 15.5. The molecule has 0 radical (unpaired) electrons. The van der Waals surface area contributed by atoms with Crippen molar-refractivity contribution in [3.05, 3.63) is 41.4 Å². The maximum Gasteiger partial charge on any atom is 0.193 e. The Labute approximate surface area is 196 Å². The van der Waals surface area contributed by atoms with Crippen LogP contribution < -0.4 is 16.8 Å². The Bertz CT molecular complexity index is 1110. The van der Waals surface area contributed by atoms with Crippen molar-refractivity contribution in [3.8, 4) is 0 Å². The zero-order valence-corrected chi connectivity index (χ0v) is 19.3. The van der Waals surface area contributed by atoms with E-state index in [1.165, 1.54) is 12.7 Å². The Kier molecular flexibility index (Phi) is 7.10. The van der Waals surface area contributed by atoms with Crippen molar-refractivity contribution in [2.45, 2.75) is 24.5 Å². The first kappa shape index (κ1) is 22.7. The topological polar surface area (TPSA) is 170 Å². The fourth-order valence-electron chi connectivity index (χ4n) is 3.32. The summed E-state index contributed by atoms with van der Waals surface area (Å²) in [4.78, 5) is 16.6. The Morgan fingerprint density at radius 2 is 2.06 bits per heavy atom. The van der Waals surface area contributed by atoms with E-state index in [1.807, 2.05) is 24.3 Å². The molecule has 4 atom stereocenters. The molecule has 13 heteroatoms. The molecule has 1 aromatic carbocycles. The number of aliphatic imine (C=N–C) groups is 1. The zero-order chi connectivity index (χ0) is 22.7. The van der Waals surface area contributed by atoms with E-state index in [-0.39, 0.29) is 5.82 Å². The highest BCUT2D eigenvalue weighted by Crippen LogP contribution is 2.33. The van der Waals surface area contributed by atoms with Gasteiger partial charge in [-0.25, -0.2) is 15.0 Å². The molecule has 170 valence electrons. The number of hydrogen-bond acceptors (Lipinski definition) is 9. The summed E-state index contributed by atoms with van der Waals surface area (Å²) in [7, 11) is 0. The van der Waals surface area contributed by atoms with Gasteiger partial charge in [-0.15, -0.1) is 0 Å². The minimum atomic E-state index is -1.13. The molecule has 1 saturated heterocycles.